The lowest BCUT2D eigenvalue weighted by molar-refractivity contribution is -0.134. The molecule has 7 nitrogen and oxygen atoms in total. The van der Waals surface area contributed by atoms with Crippen LogP contribution in [0.4, 0.5) is 5.69 Å². The van der Waals surface area contributed by atoms with E-state index in [1.807, 2.05) is 32.0 Å². The van der Waals surface area contributed by atoms with Gasteiger partial charge in [0.1, 0.15) is 0 Å². The second-order valence-electron chi connectivity index (χ2n) is 4.73. The number of thiocarbonyl (C=S) groups is 1. The van der Waals surface area contributed by atoms with Crippen LogP contribution in [0.15, 0.2) is 28.4 Å². The quantitative estimate of drug-likeness (QED) is 0.317. The Hall–Kier alpha value is -2.48. The molecule has 0 radical (unpaired) electrons. The maximum Gasteiger partial charge on any atom is 0.360 e. The van der Waals surface area contributed by atoms with Gasteiger partial charge in [-0.15, -0.1) is 0 Å². The molecule has 8 heteroatoms. The van der Waals surface area contributed by atoms with Crippen LogP contribution >= 0.6 is 12.2 Å². The summed E-state index contributed by atoms with van der Waals surface area (Å²) in [5.41, 5.74) is 13.8. The van der Waals surface area contributed by atoms with Crippen molar-refractivity contribution in [2.45, 2.75) is 27.7 Å². The highest BCUT2D eigenvalue weighted by atomic mass is 32.1. The van der Waals surface area contributed by atoms with Crippen LogP contribution in [0.1, 0.15) is 25.0 Å². The van der Waals surface area contributed by atoms with E-state index in [-0.39, 0.29) is 17.4 Å². The summed E-state index contributed by atoms with van der Waals surface area (Å²) in [6, 6.07) is 5.85. The standard InChI is InChI=1S/C15H21N5O2S/c1-5-22-14(21)13(11(4)17-20-15(16)23)19-18-12-9(2)7-6-8-10(12)3/h6-8,18H,5H2,1-4H3,(H3,16,20,23)/b17-11?,19-13-. The van der Waals surface area contributed by atoms with Gasteiger partial charge in [0.2, 0.25) is 0 Å². The number of rotatable bonds is 6. The monoisotopic (exact) mass is 335 g/mol. The Morgan fingerprint density at radius 2 is 1.91 bits per heavy atom. The van der Waals surface area contributed by atoms with E-state index in [9.17, 15) is 4.79 Å². The van der Waals surface area contributed by atoms with Gasteiger partial charge in [-0.25, -0.2) is 4.79 Å². The predicted molar refractivity (Wildman–Crippen MR) is 96.6 cm³/mol. The van der Waals surface area contributed by atoms with Gasteiger partial charge < -0.3 is 10.5 Å². The Balaban J connectivity index is 3.11. The number of hydrogen-bond donors (Lipinski definition) is 3. The Morgan fingerprint density at radius 1 is 1.30 bits per heavy atom. The maximum absolute atomic E-state index is 12.1. The second kappa shape index (κ2) is 8.84. The molecule has 124 valence electrons. The molecule has 0 atom stereocenters. The smallest absolute Gasteiger partial charge is 0.360 e. The van der Waals surface area contributed by atoms with Crippen molar-refractivity contribution in [2.24, 2.45) is 15.9 Å². The number of hydrazone groups is 2. The molecule has 1 aromatic rings. The van der Waals surface area contributed by atoms with Gasteiger partial charge in [0.25, 0.3) is 0 Å². The Morgan fingerprint density at radius 3 is 2.43 bits per heavy atom. The number of carbonyl (C=O) groups excluding carboxylic acids is 1. The first kappa shape index (κ1) is 18.6. The van der Waals surface area contributed by atoms with Crippen LogP contribution in [0.3, 0.4) is 0 Å². The molecule has 4 N–H and O–H groups in total. The predicted octanol–water partition coefficient (Wildman–Crippen LogP) is 1.84. The van der Waals surface area contributed by atoms with Crippen molar-refractivity contribution in [1.29, 1.82) is 0 Å². The lowest BCUT2D eigenvalue weighted by Crippen LogP contribution is -2.30. The Bertz CT molecular complexity index is 635. The van der Waals surface area contributed by atoms with E-state index in [0.717, 1.165) is 16.8 Å². The fourth-order valence-corrected chi connectivity index (χ4v) is 1.81. The number of benzene rings is 1. The fourth-order valence-electron chi connectivity index (χ4n) is 1.77. The molecule has 0 unspecified atom stereocenters. The van der Waals surface area contributed by atoms with E-state index >= 15 is 0 Å². The number of anilines is 1. The molecular weight excluding hydrogens is 314 g/mol. The first-order valence-electron chi connectivity index (χ1n) is 7.04. The van der Waals surface area contributed by atoms with Crippen LogP contribution in [0.25, 0.3) is 0 Å². The Labute approximate surface area is 141 Å². The lowest BCUT2D eigenvalue weighted by Gasteiger charge is -2.11. The van der Waals surface area contributed by atoms with Gasteiger partial charge in [-0.05, 0) is 51.0 Å². The maximum atomic E-state index is 12.1. The SMILES string of the molecule is CCOC(=O)/C(=N\Nc1c(C)cccc1C)C(C)=NNC(N)=S. The van der Waals surface area contributed by atoms with Crippen LogP contribution in [0.2, 0.25) is 0 Å². The van der Waals surface area contributed by atoms with Crippen LogP contribution in [0.5, 0.6) is 0 Å². The number of carbonyl (C=O) groups is 1. The van der Waals surface area contributed by atoms with Crippen molar-refractivity contribution in [3.8, 4) is 0 Å². The third-order valence-corrected chi connectivity index (χ3v) is 3.00. The zero-order valence-electron chi connectivity index (χ0n) is 13.6. The summed E-state index contributed by atoms with van der Waals surface area (Å²) >= 11 is 4.68. The number of aryl methyl sites for hydroxylation is 2. The molecule has 0 aliphatic carbocycles. The molecular formula is C15H21N5O2S. The fraction of sp³-hybridized carbons (Fsp3) is 0.333. The van der Waals surface area contributed by atoms with Gasteiger partial charge in [0, 0.05) is 0 Å². The van der Waals surface area contributed by atoms with Gasteiger partial charge in [-0.2, -0.15) is 10.2 Å². The summed E-state index contributed by atoms with van der Waals surface area (Å²) in [5.74, 6) is -0.586. The van der Waals surface area contributed by atoms with Crippen molar-refractivity contribution in [2.75, 3.05) is 12.0 Å². The van der Waals surface area contributed by atoms with Crippen molar-refractivity contribution in [1.82, 2.24) is 5.43 Å². The molecule has 0 saturated heterocycles. The molecule has 0 heterocycles. The minimum absolute atomic E-state index is 0.00438. The zero-order valence-corrected chi connectivity index (χ0v) is 14.5. The molecule has 0 aliphatic heterocycles. The van der Waals surface area contributed by atoms with Crippen LogP contribution < -0.4 is 16.6 Å². The molecule has 0 spiro atoms. The van der Waals surface area contributed by atoms with Gasteiger partial charge >= 0.3 is 5.97 Å². The van der Waals surface area contributed by atoms with Gasteiger partial charge in [0.15, 0.2) is 10.8 Å². The minimum Gasteiger partial charge on any atom is -0.461 e. The van der Waals surface area contributed by atoms with E-state index in [0.29, 0.717) is 5.71 Å². The van der Waals surface area contributed by atoms with Crippen LogP contribution in [-0.2, 0) is 9.53 Å². The number of nitrogens with zero attached hydrogens (tertiary/aromatic N) is 2. The molecule has 1 aromatic carbocycles. The largest absolute Gasteiger partial charge is 0.461 e. The molecule has 0 amide bonds. The highest BCUT2D eigenvalue weighted by Gasteiger charge is 2.17. The van der Waals surface area contributed by atoms with Crippen molar-refractivity contribution in [3.05, 3.63) is 29.3 Å². The second-order valence-corrected chi connectivity index (χ2v) is 5.17. The van der Waals surface area contributed by atoms with Gasteiger partial charge in [-0.3, -0.25) is 10.9 Å². The molecule has 1 rings (SSSR count). The van der Waals surface area contributed by atoms with Crippen LogP contribution in [0, 0.1) is 13.8 Å². The Kier molecular flexibility index (Phi) is 7.14. The first-order chi connectivity index (χ1) is 10.9. The van der Waals surface area contributed by atoms with Crippen molar-refractivity contribution < 1.29 is 9.53 Å². The zero-order chi connectivity index (χ0) is 17.4. The van der Waals surface area contributed by atoms with E-state index in [4.69, 9.17) is 10.5 Å². The average molecular weight is 335 g/mol. The summed E-state index contributed by atoms with van der Waals surface area (Å²) in [4.78, 5) is 12.1. The van der Waals surface area contributed by atoms with E-state index in [1.54, 1.807) is 13.8 Å². The molecule has 0 aliphatic rings. The summed E-state index contributed by atoms with van der Waals surface area (Å²) in [5, 5.41) is 8.06. The van der Waals surface area contributed by atoms with Gasteiger partial charge in [0.05, 0.1) is 18.0 Å². The molecule has 0 bridgehead atoms. The summed E-state index contributed by atoms with van der Waals surface area (Å²) < 4.78 is 5.00. The molecule has 0 aromatic heterocycles. The van der Waals surface area contributed by atoms with E-state index < -0.39 is 5.97 Å². The number of ether oxygens (including phenoxy) is 1. The molecule has 0 fully saturated rings. The number of para-hydroxylation sites is 1. The summed E-state index contributed by atoms with van der Waals surface area (Å²) in [6.45, 7) is 7.45. The molecule has 0 saturated carbocycles. The number of hydrogen-bond acceptors (Lipinski definition) is 6. The average Bonchev–Trinajstić information content (AvgIpc) is 2.48. The lowest BCUT2D eigenvalue weighted by atomic mass is 10.1. The third kappa shape index (κ3) is 5.67. The van der Waals surface area contributed by atoms with Crippen molar-refractivity contribution >= 4 is 40.4 Å². The third-order valence-electron chi connectivity index (χ3n) is 2.91. The number of esters is 1. The normalized spacial score (nSPS) is 11.8. The first-order valence-corrected chi connectivity index (χ1v) is 7.44. The topological polar surface area (TPSA) is 101 Å². The summed E-state index contributed by atoms with van der Waals surface area (Å²) in [7, 11) is 0. The molecule has 23 heavy (non-hydrogen) atoms. The minimum atomic E-state index is -0.586. The number of nitrogens with one attached hydrogen (secondary N) is 2. The number of nitrogens with two attached hydrogens (primary N) is 1. The van der Waals surface area contributed by atoms with E-state index in [1.165, 1.54) is 0 Å². The van der Waals surface area contributed by atoms with Crippen molar-refractivity contribution in [3.63, 3.8) is 0 Å². The highest BCUT2D eigenvalue weighted by Crippen LogP contribution is 2.19. The summed E-state index contributed by atoms with van der Waals surface area (Å²) in [6.07, 6.45) is 0. The van der Waals surface area contributed by atoms with E-state index in [2.05, 4.69) is 33.3 Å². The highest BCUT2D eigenvalue weighted by molar-refractivity contribution is 7.80. The van der Waals surface area contributed by atoms with Crippen LogP contribution in [-0.4, -0.2) is 29.1 Å². The van der Waals surface area contributed by atoms with Gasteiger partial charge in [-0.1, -0.05) is 18.2 Å².